The first-order chi connectivity index (χ1) is 9.20. The van der Waals surface area contributed by atoms with E-state index in [4.69, 9.17) is 10.8 Å². The van der Waals surface area contributed by atoms with Crippen LogP contribution < -0.4 is 11.3 Å². The van der Waals surface area contributed by atoms with Crippen LogP contribution in [-0.2, 0) is 0 Å². The van der Waals surface area contributed by atoms with Crippen LogP contribution in [0.1, 0.15) is 31.7 Å². The lowest BCUT2D eigenvalue weighted by Gasteiger charge is -2.20. The number of nitrogen functional groups attached to an aromatic ring is 1. The van der Waals surface area contributed by atoms with Gasteiger partial charge in [0.2, 0.25) is 5.95 Å². The van der Waals surface area contributed by atoms with Gasteiger partial charge in [-0.1, -0.05) is 6.42 Å². The zero-order chi connectivity index (χ0) is 13.4. The third-order valence-electron chi connectivity index (χ3n) is 3.93. The molecule has 7 nitrogen and oxygen atoms in total. The summed E-state index contributed by atoms with van der Waals surface area (Å²) in [7, 11) is 0. The van der Waals surface area contributed by atoms with Gasteiger partial charge in [-0.25, -0.2) is 4.98 Å². The van der Waals surface area contributed by atoms with Crippen LogP contribution in [0.25, 0.3) is 11.2 Å². The Morgan fingerprint density at radius 1 is 1.53 bits per heavy atom. The second-order valence-corrected chi connectivity index (χ2v) is 5.05. The molecule has 1 aliphatic carbocycles. The fraction of sp³-hybridized carbons (Fsp3) is 0.583. The monoisotopic (exact) mass is 263 g/mol. The Hall–Kier alpha value is -1.89. The smallest absolute Gasteiger partial charge is 0.280 e. The van der Waals surface area contributed by atoms with Crippen molar-refractivity contribution in [3.8, 4) is 0 Å². The van der Waals surface area contributed by atoms with Crippen LogP contribution in [0.15, 0.2) is 11.1 Å². The quantitative estimate of drug-likeness (QED) is 0.743. The molecule has 2 heterocycles. The van der Waals surface area contributed by atoms with Crippen molar-refractivity contribution in [2.24, 2.45) is 5.92 Å². The van der Waals surface area contributed by atoms with E-state index in [1.165, 1.54) is 0 Å². The molecule has 1 aliphatic rings. The summed E-state index contributed by atoms with van der Waals surface area (Å²) in [6, 6.07) is 0.242. The highest BCUT2D eigenvalue weighted by atomic mass is 16.3. The number of H-pyrrole nitrogens is 1. The summed E-state index contributed by atoms with van der Waals surface area (Å²) in [5, 5.41) is 9.13. The molecule has 0 radical (unpaired) electrons. The van der Waals surface area contributed by atoms with Crippen LogP contribution >= 0.6 is 0 Å². The summed E-state index contributed by atoms with van der Waals surface area (Å²) in [5.41, 5.74) is 6.15. The zero-order valence-corrected chi connectivity index (χ0v) is 10.5. The topological polar surface area (TPSA) is 110 Å². The molecule has 0 unspecified atom stereocenters. The number of nitrogens with zero attached hydrogens (tertiary/aromatic N) is 3. The van der Waals surface area contributed by atoms with E-state index < -0.39 is 0 Å². The Morgan fingerprint density at radius 2 is 2.37 bits per heavy atom. The average Bonchev–Trinajstić information content (AvgIpc) is 2.95. The lowest BCUT2D eigenvalue weighted by Crippen LogP contribution is -2.17. The molecule has 0 bridgehead atoms. The minimum absolute atomic E-state index is 0.107. The number of nitrogens with one attached hydrogen (secondary N) is 1. The predicted molar refractivity (Wildman–Crippen MR) is 70.6 cm³/mol. The molecule has 0 amide bonds. The maximum absolute atomic E-state index is 11.7. The maximum atomic E-state index is 11.7. The largest absolute Gasteiger partial charge is 0.396 e. The normalized spacial score (nSPS) is 23.2. The lowest BCUT2D eigenvalue weighted by molar-refractivity contribution is 0.236. The Morgan fingerprint density at radius 3 is 3.16 bits per heavy atom. The third kappa shape index (κ3) is 1.99. The van der Waals surface area contributed by atoms with Crippen LogP contribution in [0.2, 0.25) is 0 Å². The molecule has 2 aromatic rings. The van der Waals surface area contributed by atoms with E-state index in [1.54, 1.807) is 6.33 Å². The number of nitrogens with two attached hydrogens (primary N) is 1. The van der Waals surface area contributed by atoms with Gasteiger partial charge in [0.1, 0.15) is 0 Å². The van der Waals surface area contributed by atoms with Crippen molar-refractivity contribution >= 4 is 17.1 Å². The number of fused-ring (bicyclic) bond motifs is 1. The summed E-state index contributed by atoms with van der Waals surface area (Å²) < 4.78 is 1.94. The first-order valence-corrected chi connectivity index (χ1v) is 6.54. The van der Waals surface area contributed by atoms with E-state index in [1.807, 2.05) is 4.57 Å². The first-order valence-electron chi connectivity index (χ1n) is 6.54. The highest BCUT2D eigenvalue weighted by molar-refractivity contribution is 5.70. The van der Waals surface area contributed by atoms with Crippen LogP contribution in [-0.4, -0.2) is 31.2 Å². The molecule has 0 aliphatic heterocycles. The molecular formula is C12H17N5O2. The number of aromatic amines is 1. The summed E-state index contributed by atoms with van der Waals surface area (Å²) >= 11 is 0. The molecule has 7 heteroatoms. The lowest BCUT2D eigenvalue weighted by atomic mass is 10.00. The van der Waals surface area contributed by atoms with Crippen molar-refractivity contribution < 1.29 is 5.11 Å². The Bertz CT molecular complexity index is 647. The molecule has 102 valence electrons. The van der Waals surface area contributed by atoms with Gasteiger partial charge in [0.15, 0.2) is 11.2 Å². The second kappa shape index (κ2) is 4.65. The third-order valence-corrected chi connectivity index (χ3v) is 3.93. The van der Waals surface area contributed by atoms with Gasteiger partial charge in [-0.3, -0.25) is 9.78 Å². The van der Waals surface area contributed by atoms with Crippen molar-refractivity contribution in [1.82, 2.24) is 19.5 Å². The minimum atomic E-state index is -0.307. The van der Waals surface area contributed by atoms with Crippen LogP contribution in [0.3, 0.4) is 0 Å². The summed E-state index contributed by atoms with van der Waals surface area (Å²) in [6.07, 6.45) is 5.65. The second-order valence-electron chi connectivity index (χ2n) is 5.05. The summed E-state index contributed by atoms with van der Waals surface area (Å²) in [5.74, 6) is 0.515. The van der Waals surface area contributed by atoms with Crippen LogP contribution in [0.4, 0.5) is 5.95 Å². The molecule has 1 fully saturated rings. The van der Waals surface area contributed by atoms with Crippen LogP contribution in [0.5, 0.6) is 0 Å². The van der Waals surface area contributed by atoms with Gasteiger partial charge < -0.3 is 15.4 Å². The summed E-state index contributed by atoms with van der Waals surface area (Å²) in [6.45, 7) is 0.184. The predicted octanol–water partition coefficient (Wildman–Crippen LogP) is 0.425. The van der Waals surface area contributed by atoms with Gasteiger partial charge in [-0.05, 0) is 25.2 Å². The minimum Gasteiger partial charge on any atom is -0.396 e. The molecule has 2 atom stereocenters. The molecule has 2 aromatic heterocycles. The van der Waals surface area contributed by atoms with E-state index in [-0.39, 0.29) is 24.2 Å². The number of aliphatic hydroxyl groups is 1. The molecular weight excluding hydrogens is 246 g/mol. The van der Waals surface area contributed by atoms with Crippen LogP contribution in [0, 0.1) is 5.92 Å². The van der Waals surface area contributed by atoms with Gasteiger partial charge in [0, 0.05) is 12.6 Å². The fourth-order valence-electron chi connectivity index (χ4n) is 3.07. The number of hydrogen-bond donors (Lipinski definition) is 3. The van der Waals surface area contributed by atoms with E-state index in [0.717, 1.165) is 25.7 Å². The number of aromatic nitrogens is 4. The number of aliphatic hydroxyl groups excluding tert-OH is 1. The van der Waals surface area contributed by atoms with Gasteiger partial charge in [0.05, 0.1) is 6.33 Å². The molecule has 0 aromatic carbocycles. The van der Waals surface area contributed by atoms with Crippen molar-refractivity contribution in [2.75, 3.05) is 12.3 Å². The number of imidazole rings is 1. The van der Waals surface area contributed by atoms with Gasteiger partial charge >= 0.3 is 0 Å². The average molecular weight is 263 g/mol. The molecule has 3 rings (SSSR count). The number of hydrogen-bond acceptors (Lipinski definition) is 5. The van der Waals surface area contributed by atoms with Crippen molar-refractivity contribution in [1.29, 1.82) is 0 Å². The maximum Gasteiger partial charge on any atom is 0.280 e. The molecule has 0 saturated heterocycles. The molecule has 0 spiro atoms. The summed E-state index contributed by atoms with van der Waals surface area (Å²) in [4.78, 5) is 22.5. The van der Waals surface area contributed by atoms with E-state index >= 15 is 0 Å². The van der Waals surface area contributed by atoms with Crippen molar-refractivity contribution in [3.63, 3.8) is 0 Å². The Kier molecular flexibility index (Phi) is 2.98. The van der Waals surface area contributed by atoms with Gasteiger partial charge in [-0.15, -0.1) is 0 Å². The highest BCUT2D eigenvalue weighted by Crippen LogP contribution is 2.38. The first kappa shape index (κ1) is 12.2. The van der Waals surface area contributed by atoms with Crippen molar-refractivity contribution in [3.05, 3.63) is 16.7 Å². The van der Waals surface area contributed by atoms with Gasteiger partial charge in [0.25, 0.3) is 5.56 Å². The van der Waals surface area contributed by atoms with Crippen molar-refractivity contribution in [2.45, 2.75) is 31.7 Å². The zero-order valence-electron chi connectivity index (χ0n) is 10.5. The Labute approximate surface area is 109 Å². The van der Waals surface area contributed by atoms with E-state index in [0.29, 0.717) is 17.1 Å². The molecule has 19 heavy (non-hydrogen) atoms. The Balaban J connectivity index is 2.08. The number of anilines is 1. The van der Waals surface area contributed by atoms with E-state index in [2.05, 4.69) is 15.0 Å². The fourth-order valence-corrected chi connectivity index (χ4v) is 3.07. The molecule has 4 N–H and O–H groups in total. The standard InChI is InChI=1S/C12H17N5O2/c13-12-15-10-9(11(19)16-12)14-6-17(10)8-3-1-2-7(8)4-5-18/h6-8,18H,1-5H2,(H3,13,15,16,19)/t7-,8+/m0/s1. The molecule has 1 saturated carbocycles. The SMILES string of the molecule is Nc1nc2c(ncn2[C@@H]2CCC[C@H]2CCO)c(=O)[nH]1. The van der Waals surface area contributed by atoms with E-state index in [9.17, 15) is 4.79 Å². The number of rotatable bonds is 3. The van der Waals surface area contributed by atoms with Gasteiger partial charge in [-0.2, -0.15) is 4.98 Å². The highest BCUT2D eigenvalue weighted by Gasteiger charge is 2.29.